The van der Waals surface area contributed by atoms with E-state index < -0.39 is 0 Å². The van der Waals surface area contributed by atoms with Crippen LogP contribution in [0, 0.1) is 17.8 Å². The summed E-state index contributed by atoms with van der Waals surface area (Å²) < 4.78 is 0. The molecule has 0 aromatic heterocycles. The van der Waals surface area contributed by atoms with Gasteiger partial charge in [-0.25, -0.2) is 0 Å². The molecule has 3 atom stereocenters. The summed E-state index contributed by atoms with van der Waals surface area (Å²) in [6, 6.07) is 14.3. The molecule has 5 heteroatoms. The van der Waals surface area contributed by atoms with Crippen molar-refractivity contribution in [1.29, 1.82) is 0 Å². The number of benzene rings is 2. The number of nitrogens with one attached hydrogen (secondary N) is 1. The Bertz CT molecular complexity index is 1050. The fourth-order valence-electron chi connectivity index (χ4n) is 6.29. The summed E-state index contributed by atoms with van der Waals surface area (Å²) in [6.07, 6.45) is 12.6. The molecule has 216 valence electrons. The Kier molecular flexibility index (Phi) is 12.7. The molecule has 2 aliphatic carbocycles. The third-order valence-electron chi connectivity index (χ3n) is 8.90. The van der Waals surface area contributed by atoms with Crippen molar-refractivity contribution in [2.24, 2.45) is 17.8 Å². The second-order valence-corrected chi connectivity index (χ2v) is 12.9. The third kappa shape index (κ3) is 9.51. The highest BCUT2D eigenvalue weighted by Crippen LogP contribution is 2.64. The van der Waals surface area contributed by atoms with E-state index in [2.05, 4.69) is 62.2 Å². The van der Waals surface area contributed by atoms with Gasteiger partial charge in [-0.2, -0.15) is 0 Å². The number of carbonyl (C=O) groups is 1. The van der Waals surface area contributed by atoms with Crippen LogP contribution in [-0.4, -0.2) is 30.4 Å². The molecule has 1 saturated heterocycles. The molecule has 3 unspecified atom stereocenters. The normalized spacial score (nSPS) is 23.7. The number of aryl methyl sites for hydroxylation is 1. The molecule has 1 heterocycles. The van der Waals surface area contributed by atoms with Crippen molar-refractivity contribution in [2.75, 3.05) is 25.0 Å². The minimum absolute atomic E-state index is 0.131. The van der Waals surface area contributed by atoms with E-state index >= 15 is 0 Å². The number of fused-ring (bicyclic) bond motifs is 1. The molecule has 0 radical (unpaired) electrons. The topological polar surface area (TPSA) is 32.3 Å². The molecular weight excluding hydrogens is 523 g/mol. The van der Waals surface area contributed by atoms with Crippen molar-refractivity contribution in [3.8, 4) is 0 Å². The van der Waals surface area contributed by atoms with Gasteiger partial charge in [0.1, 0.15) is 0 Å². The molecule has 1 aliphatic heterocycles. The molecule has 1 amide bonds. The molecule has 39 heavy (non-hydrogen) atoms. The second kappa shape index (κ2) is 15.5. The van der Waals surface area contributed by atoms with Gasteiger partial charge >= 0.3 is 0 Å². The zero-order chi connectivity index (χ0) is 28.4. The summed E-state index contributed by atoms with van der Waals surface area (Å²) >= 11 is 11.4. The van der Waals surface area contributed by atoms with Crippen LogP contribution >= 0.6 is 23.2 Å². The van der Waals surface area contributed by atoms with Gasteiger partial charge in [0.05, 0.1) is 10.0 Å². The quantitative estimate of drug-likeness (QED) is 0.358. The lowest BCUT2D eigenvalue weighted by Crippen LogP contribution is -2.22. The van der Waals surface area contributed by atoms with Gasteiger partial charge in [0.15, 0.2) is 0 Å². The Morgan fingerprint density at radius 2 is 1.82 bits per heavy atom. The van der Waals surface area contributed by atoms with Crippen LogP contribution in [0.4, 0.5) is 5.69 Å². The molecule has 3 nitrogen and oxygen atoms in total. The summed E-state index contributed by atoms with van der Waals surface area (Å²) in [5.74, 6) is 2.73. The van der Waals surface area contributed by atoms with E-state index in [-0.39, 0.29) is 5.91 Å². The van der Waals surface area contributed by atoms with Crippen LogP contribution in [-0.2, 0) is 16.6 Å². The number of carbonyl (C=O) groups excluding carboxylic acids is 1. The van der Waals surface area contributed by atoms with E-state index in [0.717, 1.165) is 17.8 Å². The van der Waals surface area contributed by atoms with E-state index in [1.807, 2.05) is 0 Å². The van der Waals surface area contributed by atoms with Gasteiger partial charge in [0, 0.05) is 12.6 Å². The number of halogens is 2. The first kappa shape index (κ1) is 32.0. The minimum atomic E-state index is -0.131. The van der Waals surface area contributed by atoms with Crippen LogP contribution in [0.25, 0.3) is 0 Å². The second-order valence-electron chi connectivity index (χ2n) is 12.1. The molecular formula is C34H50Cl2N2O. The molecule has 1 N–H and O–H groups in total. The number of likely N-dealkylation sites (tertiary alicyclic amines) is 1. The summed E-state index contributed by atoms with van der Waals surface area (Å²) in [6.45, 7) is 14.8. The van der Waals surface area contributed by atoms with E-state index in [1.165, 1.54) is 89.9 Å². The van der Waals surface area contributed by atoms with Crippen molar-refractivity contribution in [1.82, 2.24) is 4.90 Å². The van der Waals surface area contributed by atoms with Gasteiger partial charge < -0.3 is 10.2 Å². The summed E-state index contributed by atoms with van der Waals surface area (Å²) in [7, 11) is 0. The zero-order valence-electron chi connectivity index (χ0n) is 24.9. The molecule has 2 saturated carbocycles. The van der Waals surface area contributed by atoms with Crippen LogP contribution in [0.15, 0.2) is 42.5 Å². The fraction of sp³-hybridized carbons (Fsp3) is 0.618. The first-order chi connectivity index (χ1) is 18.7. The summed E-state index contributed by atoms with van der Waals surface area (Å²) in [5.41, 5.74) is 4.40. The highest BCUT2D eigenvalue weighted by molar-refractivity contribution is 6.42. The smallest absolute Gasteiger partial charge is 0.221 e. The lowest BCUT2D eigenvalue weighted by Gasteiger charge is -2.31. The van der Waals surface area contributed by atoms with Crippen LogP contribution in [0.1, 0.15) is 97.1 Å². The van der Waals surface area contributed by atoms with Gasteiger partial charge in [0.25, 0.3) is 0 Å². The first-order valence-corrected chi connectivity index (χ1v) is 16.0. The molecule has 3 aliphatic rings. The highest BCUT2D eigenvalue weighted by Gasteiger charge is 2.57. The van der Waals surface area contributed by atoms with Gasteiger partial charge in [0.2, 0.25) is 5.91 Å². The maximum absolute atomic E-state index is 10.6. The number of hydrogen-bond donors (Lipinski definition) is 1. The van der Waals surface area contributed by atoms with Gasteiger partial charge in [-0.1, -0.05) is 81.6 Å². The molecule has 0 spiro atoms. The maximum Gasteiger partial charge on any atom is 0.221 e. The number of anilines is 1. The van der Waals surface area contributed by atoms with Crippen LogP contribution < -0.4 is 5.32 Å². The van der Waals surface area contributed by atoms with E-state index in [9.17, 15) is 4.79 Å². The van der Waals surface area contributed by atoms with E-state index in [4.69, 9.17) is 23.2 Å². The van der Waals surface area contributed by atoms with Crippen molar-refractivity contribution >= 4 is 34.8 Å². The van der Waals surface area contributed by atoms with Gasteiger partial charge in [-0.3, -0.25) is 4.79 Å². The first-order valence-electron chi connectivity index (χ1n) is 15.2. The summed E-state index contributed by atoms with van der Waals surface area (Å²) in [5, 5.41) is 3.50. The zero-order valence-corrected chi connectivity index (χ0v) is 26.4. The fourth-order valence-corrected chi connectivity index (χ4v) is 6.59. The Hall–Kier alpha value is -1.55. The van der Waals surface area contributed by atoms with Crippen LogP contribution in [0.2, 0.25) is 10.0 Å². The monoisotopic (exact) mass is 572 g/mol. The lowest BCUT2D eigenvalue weighted by molar-refractivity contribution is -0.114. The molecule has 3 fully saturated rings. The molecule has 5 rings (SSSR count). The number of amides is 1. The largest absolute Gasteiger partial charge is 0.326 e. The molecule has 2 aromatic rings. The number of nitrogens with zero attached hydrogens (tertiary/aromatic N) is 1. The predicted molar refractivity (Wildman–Crippen MR) is 169 cm³/mol. The third-order valence-corrected chi connectivity index (χ3v) is 9.64. The SMILES string of the molecule is CC(=O)Nc1ccc(Cl)c(Cl)c1.CCCCN1CCCC1.CCc1cccc(C23CCC(C(C)C)CC2C3)c1. The molecule has 0 bridgehead atoms. The maximum atomic E-state index is 10.6. The van der Waals surface area contributed by atoms with Crippen LogP contribution in [0.3, 0.4) is 0 Å². The predicted octanol–water partition coefficient (Wildman–Crippen LogP) is 9.80. The van der Waals surface area contributed by atoms with Crippen molar-refractivity contribution in [3.63, 3.8) is 0 Å². The van der Waals surface area contributed by atoms with Crippen molar-refractivity contribution in [2.45, 2.75) is 97.8 Å². The molecule has 2 aromatic carbocycles. The van der Waals surface area contributed by atoms with Crippen molar-refractivity contribution in [3.05, 3.63) is 63.6 Å². The van der Waals surface area contributed by atoms with E-state index in [0.29, 0.717) is 21.1 Å². The average Bonchev–Trinajstić information content (AvgIpc) is 3.44. The minimum Gasteiger partial charge on any atom is -0.326 e. The Labute approximate surface area is 248 Å². The Balaban J connectivity index is 0.000000174. The van der Waals surface area contributed by atoms with Crippen molar-refractivity contribution < 1.29 is 4.79 Å². The summed E-state index contributed by atoms with van der Waals surface area (Å²) in [4.78, 5) is 13.2. The number of unbranched alkanes of at least 4 members (excludes halogenated alkanes) is 1. The van der Waals surface area contributed by atoms with Gasteiger partial charge in [-0.15, -0.1) is 0 Å². The van der Waals surface area contributed by atoms with Gasteiger partial charge in [-0.05, 0) is 123 Å². The van der Waals surface area contributed by atoms with Crippen LogP contribution in [0.5, 0.6) is 0 Å². The Morgan fingerprint density at radius 3 is 2.41 bits per heavy atom. The standard InChI is InChI=1S/C18H26.C8H7Cl2NO.C8H17N/c1-4-14-6-5-7-16(10-14)18-9-8-15(13(2)3)11-17(18)12-18;1-5(12)11-6-2-3-7(9)8(10)4-6;1-2-3-6-9-7-4-5-8-9/h5-7,10,13,15,17H,4,8-9,11-12H2,1-3H3;2-4H,1H3,(H,11,12);2-8H2,1H3. The Morgan fingerprint density at radius 1 is 1.08 bits per heavy atom. The number of rotatable bonds is 7. The average molecular weight is 574 g/mol. The number of hydrogen-bond acceptors (Lipinski definition) is 2. The lowest BCUT2D eigenvalue weighted by atomic mass is 9.74. The highest BCUT2D eigenvalue weighted by atomic mass is 35.5. The van der Waals surface area contributed by atoms with E-state index in [1.54, 1.807) is 23.8 Å².